The zero-order chi connectivity index (χ0) is 20.2. The third-order valence-electron chi connectivity index (χ3n) is 4.80. The number of carbonyl (C=O) groups is 2. The van der Waals surface area contributed by atoms with Crippen LogP contribution in [-0.2, 0) is 11.3 Å². The Balaban J connectivity index is 1.60. The molecule has 1 atom stereocenters. The molecule has 6 heteroatoms. The van der Waals surface area contributed by atoms with E-state index in [-0.39, 0.29) is 11.9 Å². The Hall–Kier alpha value is -3.67. The average molecular weight is 387 g/mol. The molecule has 0 radical (unpaired) electrons. The van der Waals surface area contributed by atoms with Crippen molar-refractivity contribution < 1.29 is 14.3 Å². The molecule has 0 saturated carbocycles. The Labute approximate surface area is 169 Å². The number of amides is 1. The second kappa shape index (κ2) is 8.14. The molecular formula is C23H21N3O3. The van der Waals surface area contributed by atoms with Gasteiger partial charge in [-0.1, -0.05) is 30.3 Å². The van der Waals surface area contributed by atoms with Gasteiger partial charge in [0.15, 0.2) is 0 Å². The number of carbonyl (C=O) groups excluding carboxylic acids is 2. The maximum absolute atomic E-state index is 13.0. The number of ether oxygens (including phenoxy) is 1. The highest BCUT2D eigenvalue weighted by atomic mass is 16.5. The Morgan fingerprint density at radius 3 is 2.55 bits per heavy atom. The molecule has 2 aromatic carbocycles. The molecule has 6 nitrogen and oxygen atoms in total. The smallest absolute Gasteiger partial charge is 0.338 e. The zero-order valence-corrected chi connectivity index (χ0v) is 16.0. The third-order valence-corrected chi connectivity index (χ3v) is 4.80. The lowest BCUT2D eigenvalue weighted by Crippen LogP contribution is -2.32. The number of rotatable bonds is 6. The number of hydrogen-bond donors (Lipinski definition) is 1. The van der Waals surface area contributed by atoms with Crippen LogP contribution >= 0.6 is 0 Å². The highest BCUT2D eigenvalue weighted by Crippen LogP contribution is 2.34. The van der Waals surface area contributed by atoms with Gasteiger partial charge in [0.1, 0.15) is 6.17 Å². The predicted molar refractivity (Wildman–Crippen MR) is 109 cm³/mol. The molecule has 1 N–H and O–H groups in total. The number of nitrogens with zero attached hydrogens (tertiary/aromatic N) is 2. The number of esters is 1. The summed E-state index contributed by atoms with van der Waals surface area (Å²) in [5.74, 6) is -0.412. The Bertz CT molecular complexity index is 1020. The molecule has 0 spiro atoms. The minimum atomic E-state index is -0.396. The average Bonchev–Trinajstić information content (AvgIpc) is 3.01. The van der Waals surface area contributed by atoms with Gasteiger partial charge in [0.05, 0.1) is 23.4 Å². The fraction of sp³-hybridized carbons (Fsp3) is 0.174. The Kier molecular flexibility index (Phi) is 5.24. The minimum Gasteiger partial charge on any atom is -0.462 e. The van der Waals surface area contributed by atoms with E-state index in [0.717, 1.165) is 11.3 Å². The minimum absolute atomic E-state index is 0.0578. The van der Waals surface area contributed by atoms with Gasteiger partial charge < -0.3 is 15.0 Å². The molecule has 0 saturated heterocycles. The predicted octanol–water partition coefficient (Wildman–Crippen LogP) is 4.03. The van der Waals surface area contributed by atoms with Crippen molar-refractivity contribution >= 4 is 17.6 Å². The lowest BCUT2D eigenvalue weighted by atomic mass is 10.2. The maximum atomic E-state index is 13.0. The van der Waals surface area contributed by atoms with E-state index in [9.17, 15) is 9.59 Å². The number of hydrogen-bond acceptors (Lipinski definition) is 5. The second-order valence-corrected chi connectivity index (χ2v) is 6.70. The summed E-state index contributed by atoms with van der Waals surface area (Å²) in [5, 5.41) is 3.39. The van der Waals surface area contributed by atoms with E-state index in [4.69, 9.17) is 4.74 Å². The van der Waals surface area contributed by atoms with Gasteiger partial charge in [0.2, 0.25) is 0 Å². The molecule has 4 rings (SSSR count). The van der Waals surface area contributed by atoms with Crippen LogP contribution in [0.15, 0.2) is 72.9 Å². The number of anilines is 1. The summed E-state index contributed by atoms with van der Waals surface area (Å²) in [6.45, 7) is 2.57. The third kappa shape index (κ3) is 3.82. The Morgan fingerprint density at radius 1 is 1.07 bits per heavy atom. The molecule has 0 fully saturated rings. The first-order chi connectivity index (χ1) is 14.2. The number of pyridine rings is 1. The van der Waals surface area contributed by atoms with Crippen molar-refractivity contribution in [2.75, 3.05) is 11.9 Å². The van der Waals surface area contributed by atoms with Crippen molar-refractivity contribution in [3.63, 3.8) is 0 Å². The van der Waals surface area contributed by atoms with E-state index in [1.54, 1.807) is 54.4 Å². The molecule has 1 aliphatic rings. The maximum Gasteiger partial charge on any atom is 0.338 e. The normalized spacial score (nSPS) is 15.1. The number of fused-ring (bicyclic) bond motifs is 1. The quantitative estimate of drug-likeness (QED) is 0.647. The van der Waals surface area contributed by atoms with Gasteiger partial charge >= 0.3 is 5.97 Å². The van der Waals surface area contributed by atoms with Crippen molar-refractivity contribution in [3.05, 3.63) is 95.3 Å². The first-order valence-corrected chi connectivity index (χ1v) is 9.51. The van der Waals surface area contributed by atoms with E-state index in [1.165, 1.54) is 0 Å². The van der Waals surface area contributed by atoms with E-state index in [0.29, 0.717) is 30.0 Å². The fourth-order valence-electron chi connectivity index (χ4n) is 3.40. The van der Waals surface area contributed by atoms with Crippen LogP contribution in [0.5, 0.6) is 0 Å². The first-order valence-electron chi connectivity index (χ1n) is 9.51. The van der Waals surface area contributed by atoms with Gasteiger partial charge in [-0.2, -0.15) is 0 Å². The molecule has 146 valence electrons. The van der Waals surface area contributed by atoms with Gasteiger partial charge in [-0.25, -0.2) is 4.79 Å². The van der Waals surface area contributed by atoms with Gasteiger partial charge in [0.25, 0.3) is 5.91 Å². The van der Waals surface area contributed by atoms with E-state index < -0.39 is 6.17 Å². The van der Waals surface area contributed by atoms with Crippen LogP contribution in [-0.4, -0.2) is 28.4 Å². The Morgan fingerprint density at radius 2 is 1.83 bits per heavy atom. The van der Waals surface area contributed by atoms with Gasteiger partial charge in [-0.3, -0.25) is 9.78 Å². The van der Waals surface area contributed by atoms with Crippen molar-refractivity contribution in [2.24, 2.45) is 0 Å². The first kappa shape index (κ1) is 18.7. The molecule has 0 bridgehead atoms. The fourth-order valence-corrected chi connectivity index (χ4v) is 3.40. The molecule has 0 aliphatic carbocycles. The zero-order valence-electron chi connectivity index (χ0n) is 16.0. The van der Waals surface area contributed by atoms with Crippen molar-refractivity contribution in [2.45, 2.75) is 19.6 Å². The molecule has 1 aliphatic heterocycles. The van der Waals surface area contributed by atoms with Crippen LogP contribution in [0.25, 0.3) is 0 Å². The van der Waals surface area contributed by atoms with Crippen LogP contribution in [0.2, 0.25) is 0 Å². The summed E-state index contributed by atoms with van der Waals surface area (Å²) >= 11 is 0. The highest BCUT2D eigenvalue weighted by molar-refractivity contribution is 5.99. The lowest BCUT2D eigenvalue weighted by Gasteiger charge is -2.26. The molecule has 1 amide bonds. The van der Waals surface area contributed by atoms with E-state index in [1.807, 2.05) is 30.3 Å². The van der Waals surface area contributed by atoms with Gasteiger partial charge in [-0.15, -0.1) is 0 Å². The topological polar surface area (TPSA) is 71.5 Å². The van der Waals surface area contributed by atoms with Crippen molar-refractivity contribution in [1.29, 1.82) is 0 Å². The molecular weight excluding hydrogens is 366 g/mol. The van der Waals surface area contributed by atoms with Crippen LogP contribution in [0.3, 0.4) is 0 Å². The van der Waals surface area contributed by atoms with E-state index >= 15 is 0 Å². The molecule has 3 aromatic rings. The van der Waals surface area contributed by atoms with Crippen LogP contribution in [0.4, 0.5) is 5.69 Å². The number of benzene rings is 2. The SMILES string of the molecule is CCOC(=O)c1ccc(N[C@H]2c3ncccc3C(=O)N2Cc2ccccc2)cc1. The highest BCUT2D eigenvalue weighted by Gasteiger charge is 2.37. The summed E-state index contributed by atoms with van der Waals surface area (Å²) in [4.78, 5) is 31.1. The van der Waals surface area contributed by atoms with Crippen LogP contribution in [0, 0.1) is 0 Å². The summed E-state index contributed by atoms with van der Waals surface area (Å²) in [6, 6.07) is 20.4. The van der Waals surface area contributed by atoms with Gasteiger partial charge in [0, 0.05) is 18.4 Å². The summed E-state index contributed by atoms with van der Waals surface area (Å²) in [6.07, 6.45) is 1.30. The van der Waals surface area contributed by atoms with Crippen molar-refractivity contribution in [3.8, 4) is 0 Å². The monoisotopic (exact) mass is 387 g/mol. The molecule has 2 heterocycles. The van der Waals surface area contributed by atoms with E-state index in [2.05, 4.69) is 10.3 Å². The standard InChI is InChI=1S/C23H21N3O3/c1-2-29-23(28)17-10-12-18(13-11-17)25-21-20-19(9-6-14-24-20)22(27)26(21)15-16-7-4-3-5-8-16/h3-14,21,25H,2,15H2,1H3/t21-/m1/s1. The number of aromatic nitrogens is 1. The molecule has 1 aromatic heterocycles. The van der Waals surface area contributed by atoms with Crippen LogP contribution < -0.4 is 5.32 Å². The van der Waals surface area contributed by atoms with Gasteiger partial charge in [-0.05, 0) is 48.9 Å². The second-order valence-electron chi connectivity index (χ2n) is 6.70. The largest absolute Gasteiger partial charge is 0.462 e. The summed E-state index contributed by atoms with van der Waals surface area (Å²) in [5.41, 5.74) is 3.61. The van der Waals surface area contributed by atoms with Crippen LogP contribution in [0.1, 0.15) is 45.1 Å². The number of nitrogens with one attached hydrogen (secondary N) is 1. The summed E-state index contributed by atoms with van der Waals surface area (Å²) < 4.78 is 5.02. The summed E-state index contributed by atoms with van der Waals surface area (Å²) in [7, 11) is 0. The lowest BCUT2D eigenvalue weighted by molar-refractivity contribution is 0.0526. The van der Waals surface area contributed by atoms with Crippen molar-refractivity contribution in [1.82, 2.24) is 9.88 Å². The molecule has 29 heavy (non-hydrogen) atoms. The molecule has 0 unspecified atom stereocenters.